The molecule has 5 nitrogen and oxygen atoms in total. The van der Waals surface area contributed by atoms with Gasteiger partial charge in [0.1, 0.15) is 5.78 Å². The van der Waals surface area contributed by atoms with Gasteiger partial charge in [0, 0.05) is 43.6 Å². The van der Waals surface area contributed by atoms with Gasteiger partial charge in [-0.2, -0.15) is 0 Å². The highest BCUT2D eigenvalue weighted by Gasteiger charge is 2.13. The first-order valence-electron chi connectivity index (χ1n) is 11.7. The van der Waals surface area contributed by atoms with Crippen LogP contribution in [0.15, 0.2) is 36.4 Å². The van der Waals surface area contributed by atoms with Gasteiger partial charge in [0.2, 0.25) is 5.91 Å². The summed E-state index contributed by atoms with van der Waals surface area (Å²) in [6.45, 7) is 5.70. The summed E-state index contributed by atoms with van der Waals surface area (Å²) in [7, 11) is 0. The van der Waals surface area contributed by atoms with E-state index in [0.717, 1.165) is 30.1 Å². The van der Waals surface area contributed by atoms with Crippen LogP contribution in [0.25, 0.3) is 0 Å². The minimum atomic E-state index is -0.128. The molecule has 3 rings (SSSR count). The van der Waals surface area contributed by atoms with E-state index in [1.54, 1.807) is 0 Å². The van der Waals surface area contributed by atoms with Crippen LogP contribution < -0.4 is 5.32 Å². The maximum atomic E-state index is 12.2. The summed E-state index contributed by atoms with van der Waals surface area (Å²) in [5, 5.41) is 2.92. The second-order valence-corrected chi connectivity index (χ2v) is 9.95. The first-order chi connectivity index (χ1) is 15.5. The minimum absolute atomic E-state index is 0.000888. The van der Waals surface area contributed by atoms with Gasteiger partial charge < -0.3 is 5.32 Å². The number of aryl methyl sites for hydroxylation is 1. The number of amides is 1. The Morgan fingerprint density at radius 1 is 0.906 bits per heavy atom. The average Bonchev–Trinajstić information content (AvgIpc) is 3.06. The fourth-order valence-corrected chi connectivity index (χ4v) is 4.85. The lowest BCUT2D eigenvalue weighted by molar-refractivity contribution is -0.125. The Labute approximate surface area is 195 Å². The lowest BCUT2D eigenvalue weighted by Crippen LogP contribution is -2.25. The molecule has 1 N–H and O–H groups in total. The van der Waals surface area contributed by atoms with E-state index >= 15 is 0 Å². The topological polar surface area (TPSA) is 66.5 Å². The molecule has 1 aliphatic rings. The predicted molar refractivity (Wildman–Crippen MR) is 129 cm³/mol. The molecule has 0 saturated carbocycles. The summed E-state index contributed by atoms with van der Waals surface area (Å²) in [5.74, 6) is -0.168. The van der Waals surface area contributed by atoms with Crippen molar-refractivity contribution in [1.29, 1.82) is 0 Å². The van der Waals surface area contributed by atoms with Crippen molar-refractivity contribution >= 4 is 28.8 Å². The number of carbonyl (C=O) groups is 3. The zero-order chi connectivity index (χ0) is 22.8. The first-order valence-corrected chi connectivity index (χ1v) is 12.5. The molecule has 1 aromatic carbocycles. The van der Waals surface area contributed by atoms with E-state index in [1.165, 1.54) is 42.6 Å². The third kappa shape index (κ3) is 8.32. The molecule has 1 aromatic heterocycles. The van der Waals surface area contributed by atoms with Gasteiger partial charge in [-0.1, -0.05) is 37.1 Å². The van der Waals surface area contributed by atoms with Gasteiger partial charge in [0.05, 0.1) is 4.88 Å². The third-order valence-electron chi connectivity index (χ3n) is 5.86. The van der Waals surface area contributed by atoms with Crippen molar-refractivity contribution in [3.63, 3.8) is 0 Å². The number of thiophene rings is 1. The van der Waals surface area contributed by atoms with Crippen molar-refractivity contribution in [2.45, 2.75) is 71.4 Å². The Bertz CT molecular complexity index is 913. The van der Waals surface area contributed by atoms with Gasteiger partial charge in [-0.25, -0.2) is 0 Å². The van der Waals surface area contributed by atoms with Gasteiger partial charge in [-0.15, -0.1) is 11.3 Å². The standard InChI is InChI=1S/C26H34N2O3S/c1-20-9-13-25(32-20)24(30)12-10-23(29)11-14-26(31)27-18-21-7-6-8-22(17-21)19-28-15-4-2-3-5-16-28/h6-9,13,17H,2-5,10-12,14-16,18-19H2,1H3,(H,27,31). The average molecular weight is 455 g/mol. The van der Waals surface area contributed by atoms with Crippen LogP contribution in [0.1, 0.15) is 77.0 Å². The zero-order valence-corrected chi connectivity index (χ0v) is 19.8. The number of likely N-dealkylation sites (tertiary alicyclic amines) is 1. The van der Waals surface area contributed by atoms with Crippen molar-refractivity contribution in [2.75, 3.05) is 13.1 Å². The quantitative estimate of drug-likeness (QED) is 0.482. The molecule has 172 valence electrons. The van der Waals surface area contributed by atoms with Crippen LogP contribution in [-0.2, 0) is 22.7 Å². The van der Waals surface area contributed by atoms with Crippen molar-refractivity contribution in [3.8, 4) is 0 Å². The normalized spacial score (nSPS) is 14.7. The number of benzene rings is 1. The Hall–Kier alpha value is -2.31. The Balaban J connectivity index is 1.35. The second-order valence-electron chi connectivity index (χ2n) is 8.66. The van der Waals surface area contributed by atoms with Crippen LogP contribution >= 0.6 is 11.3 Å². The highest BCUT2D eigenvalue weighted by atomic mass is 32.1. The lowest BCUT2D eigenvalue weighted by atomic mass is 10.1. The van der Waals surface area contributed by atoms with Crippen LogP contribution in [-0.4, -0.2) is 35.5 Å². The second kappa shape index (κ2) is 12.7. The molecule has 6 heteroatoms. The van der Waals surface area contributed by atoms with Gasteiger partial charge >= 0.3 is 0 Å². The molecule has 1 saturated heterocycles. The van der Waals surface area contributed by atoms with Crippen LogP contribution in [0.2, 0.25) is 0 Å². The summed E-state index contributed by atoms with van der Waals surface area (Å²) in [4.78, 5) is 40.7. The SMILES string of the molecule is Cc1ccc(C(=O)CCC(=O)CCC(=O)NCc2cccc(CN3CCCCCC3)c2)s1. The van der Waals surface area contributed by atoms with Crippen molar-refractivity contribution in [2.24, 2.45) is 0 Å². The molecule has 0 bridgehead atoms. The lowest BCUT2D eigenvalue weighted by Gasteiger charge is -2.20. The fraction of sp³-hybridized carbons (Fsp3) is 0.500. The summed E-state index contributed by atoms with van der Waals surface area (Å²) in [6.07, 6.45) is 5.96. The number of rotatable bonds is 11. The van der Waals surface area contributed by atoms with Crippen molar-refractivity contribution in [1.82, 2.24) is 10.2 Å². The van der Waals surface area contributed by atoms with Crippen molar-refractivity contribution < 1.29 is 14.4 Å². The van der Waals surface area contributed by atoms with Gasteiger partial charge in [-0.05, 0) is 56.1 Å². The molecule has 32 heavy (non-hydrogen) atoms. The Kier molecular flexibility index (Phi) is 9.62. The number of ketones is 2. The summed E-state index contributed by atoms with van der Waals surface area (Å²) in [5.41, 5.74) is 2.35. The molecule has 0 unspecified atom stereocenters. The van der Waals surface area contributed by atoms with E-state index in [1.807, 2.05) is 31.2 Å². The molecule has 1 aliphatic heterocycles. The molecule has 0 atom stereocenters. The van der Waals surface area contributed by atoms with Crippen molar-refractivity contribution in [3.05, 3.63) is 57.3 Å². The number of Topliss-reactive ketones (excluding diaryl/α,β-unsaturated/α-hetero) is 2. The van der Waals surface area contributed by atoms with E-state index in [9.17, 15) is 14.4 Å². The third-order valence-corrected chi connectivity index (χ3v) is 6.90. The summed E-state index contributed by atoms with van der Waals surface area (Å²) >= 11 is 1.45. The minimum Gasteiger partial charge on any atom is -0.352 e. The molecule has 0 aliphatic carbocycles. The Morgan fingerprint density at radius 3 is 2.34 bits per heavy atom. The van der Waals surface area contributed by atoms with Gasteiger partial charge in [0.25, 0.3) is 0 Å². The molecule has 2 aromatic rings. The number of nitrogens with one attached hydrogen (secondary N) is 1. The zero-order valence-electron chi connectivity index (χ0n) is 19.0. The fourth-order valence-electron chi connectivity index (χ4n) is 4.02. The summed E-state index contributed by atoms with van der Waals surface area (Å²) < 4.78 is 0. The van der Waals surface area contributed by atoms with Crippen LogP contribution in [0, 0.1) is 6.92 Å². The smallest absolute Gasteiger partial charge is 0.220 e. The molecule has 0 spiro atoms. The highest BCUT2D eigenvalue weighted by Crippen LogP contribution is 2.18. The van der Waals surface area contributed by atoms with E-state index < -0.39 is 0 Å². The highest BCUT2D eigenvalue weighted by molar-refractivity contribution is 7.14. The number of hydrogen-bond donors (Lipinski definition) is 1. The molecular formula is C26H34N2O3S. The van der Waals surface area contributed by atoms with Crippen LogP contribution in [0.5, 0.6) is 0 Å². The van der Waals surface area contributed by atoms with Gasteiger partial charge in [-0.3, -0.25) is 19.3 Å². The van der Waals surface area contributed by atoms with E-state index in [0.29, 0.717) is 11.4 Å². The molecule has 1 fully saturated rings. The van der Waals surface area contributed by atoms with E-state index in [2.05, 4.69) is 22.3 Å². The number of nitrogens with zero attached hydrogens (tertiary/aromatic N) is 1. The number of hydrogen-bond acceptors (Lipinski definition) is 5. The first kappa shape index (κ1) is 24.3. The van der Waals surface area contributed by atoms with E-state index in [4.69, 9.17) is 0 Å². The van der Waals surface area contributed by atoms with E-state index in [-0.39, 0.29) is 43.2 Å². The maximum Gasteiger partial charge on any atom is 0.220 e. The monoisotopic (exact) mass is 454 g/mol. The van der Waals surface area contributed by atoms with Crippen LogP contribution in [0.3, 0.4) is 0 Å². The van der Waals surface area contributed by atoms with Crippen LogP contribution in [0.4, 0.5) is 0 Å². The number of carbonyl (C=O) groups excluding carboxylic acids is 3. The Morgan fingerprint density at radius 2 is 1.62 bits per heavy atom. The molecule has 2 heterocycles. The molecular weight excluding hydrogens is 420 g/mol. The maximum absolute atomic E-state index is 12.2. The predicted octanol–water partition coefficient (Wildman–Crippen LogP) is 5.06. The molecule has 0 radical (unpaired) electrons. The molecule has 1 amide bonds. The summed E-state index contributed by atoms with van der Waals surface area (Å²) in [6, 6.07) is 12.1. The van der Waals surface area contributed by atoms with Gasteiger partial charge in [0.15, 0.2) is 5.78 Å². The largest absolute Gasteiger partial charge is 0.352 e.